The smallest absolute Gasteiger partial charge is 0.410 e. The Labute approximate surface area is 369 Å². The first-order valence-corrected chi connectivity index (χ1v) is 21.5. The number of benzene rings is 6. The Hall–Kier alpha value is -6.46. The van der Waals surface area contributed by atoms with Gasteiger partial charge in [0.2, 0.25) is 0 Å². The minimum Gasteiger partial charge on any atom is -0.497 e. The molecule has 6 aromatic carbocycles. The number of piperidine rings is 1. The first-order chi connectivity index (χ1) is 31.0. The van der Waals surface area contributed by atoms with Crippen LogP contribution in [0.4, 0.5) is 10.5 Å². The second-order valence-corrected chi connectivity index (χ2v) is 15.9. The molecule has 1 saturated heterocycles. The van der Waals surface area contributed by atoms with Crippen LogP contribution in [0, 0.1) is 5.92 Å². The zero-order valence-electron chi connectivity index (χ0n) is 35.8. The highest BCUT2D eigenvalue weighted by atomic mass is 16.6. The summed E-state index contributed by atoms with van der Waals surface area (Å²) in [6, 6.07) is 54.5. The van der Waals surface area contributed by atoms with Gasteiger partial charge in [-0.1, -0.05) is 140 Å². The maximum Gasteiger partial charge on any atom is 0.410 e. The lowest BCUT2D eigenvalue weighted by Gasteiger charge is -2.45. The van der Waals surface area contributed by atoms with Crippen molar-refractivity contribution in [1.82, 2.24) is 4.90 Å². The maximum absolute atomic E-state index is 14.2. The van der Waals surface area contributed by atoms with E-state index in [4.69, 9.17) is 28.4 Å². The molecule has 324 valence electrons. The lowest BCUT2D eigenvalue weighted by atomic mass is 9.77. The highest BCUT2D eigenvalue weighted by Gasteiger charge is 2.44. The summed E-state index contributed by atoms with van der Waals surface area (Å²) in [4.78, 5) is 30.8. The number of carbonyl (C=O) groups excluding carboxylic acids is 2. The normalized spacial score (nSPS) is 17.4. The number of carbonyl (C=O) groups is 2. The fourth-order valence-electron chi connectivity index (χ4n) is 8.84. The summed E-state index contributed by atoms with van der Waals surface area (Å²) < 4.78 is 37.2. The number of rotatable bonds is 17. The maximum atomic E-state index is 14.2. The van der Waals surface area contributed by atoms with E-state index in [9.17, 15) is 9.59 Å². The molecule has 2 amide bonds. The highest BCUT2D eigenvalue weighted by Crippen LogP contribution is 2.44. The summed E-state index contributed by atoms with van der Waals surface area (Å²) in [6.07, 6.45) is -0.230. The molecule has 0 unspecified atom stereocenters. The van der Waals surface area contributed by atoms with Crippen LogP contribution in [0.15, 0.2) is 164 Å². The van der Waals surface area contributed by atoms with Crippen molar-refractivity contribution < 1.29 is 38.0 Å². The van der Waals surface area contributed by atoms with Crippen LogP contribution in [0.3, 0.4) is 0 Å². The fourth-order valence-corrected chi connectivity index (χ4v) is 8.84. The monoisotopic (exact) mass is 846 g/mol. The molecule has 0 N–H and O–H groups in total. The van der Waals surface area contributed by atoms with E-state index in [1.54, 1.807) is 24.0 Å². The molecule has 0 aromatic heterocycles. The van der Waals surface area contributed by atoms with Crippen LogP contribution in [0.2, 0.25) is 0 Å². The summed E-state index contributed by atoms with van der Waals surface area (Å²) in [5, 5.41) is 0. The van der Waals surface area contributed by atoms with E-state index in [-0.39, 0.29) is 50.7 Å². The predicted octanol–water partition coefficient (Wildman–Crippen LogP) is 9.40. The largest absolute Gasteiger partial charge is 0.497 e. The van der Waals surface area contributed by atoms with Gasteiger partial charge in [-0.15, -0.1) is 0 Å². The molecule has 0 aliphatic carbocycles. The van der Waals surface area contributed by atoms with Gasteiger partial charge in [-0.2, -0.15) is 0 Å². The van der Waals surface area contributed by atoms with E-state index < -0.39 is 17.8 Å². The van der Waals surface area contributed by atoms with E-state index in [1.807, 2.05) is 115 Å². The van der Waals surface area contributed by atoms with E-state index in [0.717, 1.165) is 39.1 Å². The molecule has 0 bridgehead atoms. The molecule has 2 aliphatic heterocycles. The molecular weight excluding hydrogens is 793 g/mol. The molecule has 1 fully saturated rings. The third kappa shape index (κ3) is 9.94. The Morgan fingerprint density at radius 2 is 1.33 bits per heavy atom. The van der Waals surface area contributed by atoms with Crippen LogP contribution in [0.5, 0.6) is 11.5 Å². The molecule has 10 heteroatoms. The van der Waals surface area contributed by atoms with Crippen molar-refractivity contribution in [3.05, 3.63) is 197 Å². The van der Waals surface area contributed by atoms with Crippen molar-refractivity contribution in [1.29, 1.82) is 0 Å². The van der Waals surface area contributed by atoms with E-state index in [2.05, 4.69) is 48.5 Å². The molecule has 3 atom stereocenters. The lowest BCUT2D eigenvalue weighted by molar-refractivity contribution is -0.121. The second-order valence-electron chi connectivity index (χ2n) is 15.9. The summed E-state index contributed by atoms with van der Waals surface area (Å²) in [5.41, 5.74) is 5.46. The van der Waals surface area contributed by atoms with Gasteiger partial charge in [0.15, 0.2) is 6.61 Å². The number of anilines is 1. The van der Waals surface area contributed by atoms with Gasteiger partial charge in [-0.3, -0.25) is 4.79 Å². The summed E-state index contributed by atoms with van der Waals surface area (Å²) >= 11 is 0. The molecule has 0 spiro atoms. The van der Waals surface area contributed by atoms with Gasteiger partial charge < -0.3 is 38.2 Å². The van der Waals surface area contributed by atoms with Crippen LogP contribution in [0.1, 0.15) is 45.7 Å². The first-order valence-electron chi connectivity index (χ1n) is 21.5. The van der Waals surface area contributed by atoms with E-state index in [1.165, 1.54) is 0 Å². The Morgan fingerprint density at radius 3 is 1.94 bits per heavy atom. The number of nitrogens with zero attached hydrogens (tertiary/aromatic N) is 2. The van der Waals surface area contributed by atoms with Gasteiger partial charge in [-0.05, 0) is 64.1 Å². The van der Waals surface area contributed by atoms with Crippen molar-refractivity contribution in [3.63, 3.8) is 0 Å². The van der Waals surface area contributed by atoms with Crippen LogP contribution < -0.4 is 14.4 Å². The topological polar surface area (TPSA) is 96.0 Å². The average Bonchev–Trinajstić information content (AvgIpc) is 3.34. The Morgan fingerprint density at radius 1 is 0.714 bits per heavy atom. The van der Waals surface area contributed by atoms with E-state index in [0.29, 0.717) is 37.6 Å². The van der Waals surface area contributed by atoms with Crippen LogP contribution >= 0.6 is 0 Å². The molecule has 2 aliphatic rings. The number of hydrogen-bond acceptors (Lipinski definition) is 8. The summed E-state index contributed by atoms with van der Waals surface area (Å²) in [7, 11) is 3.31. The van der Waals surface area contributed by atoms with Gasteiger partial charge in [0.25, 0.3) is 5.91 Å². The lowest BCUT2D eigenvalue weighted by Crippen LogP contribution is -2.53. The quantitative estimate of drug-likeness (QED) is 0.0663. The second kappa shape index (κ2) is 20.6. The van der Waals surface area contributed by atoms with Crippen LogP contribution in [-0.4, -0.2) is 76.7 Å². The highest BCUT2D eigenvalue weighted by molar-refractivity contribution is 5.97. The SMILES string of the molecule is COCCCN1C(=O)COc2ccc(CO[C@H]3CN(C(=O)OCc4ccccc4)C[C@@H](COC(c4ccccc4)(c4ccccc4)c4ccccc4)[C@@H]3c3ccc(OC)cc3)cc21. The van der Waals surface area contributed by atoms with Crippen molar-refractivity contribution in [3.8, 4) is 11.5 Å². The zero-order valence-corrected chi connectivity index (χ0v) is 35.8. The molecule has 6 aromatic rings. The number of methoxy groups -OCH3 is 2. The first kappa shape index (κ1) is 43.2. The minimum atomic E-state index is -0.988. The zero-order chi connectivity index (χ0) is 43.4. The molecule has 63 heavy (non-hydrogen) atoms. The Balaban J connectivity index is 1.16. The molecule has 10 nitrogen and oxygen atoms in total. The van der Waals surface area contributed by atoms with Crippen LogP contribution in [-0.2, 0) is 42.6 Å². The third-order valence-electron chi connectivity index (χ3n) is 11.9. The van der Waals surface area contributed by atoms with Gasteiger partial charge >= 0.3 is 6.09 Å². The molecule has 8 rings (SSSR count). The molecule has 0 radical (unpaired) electrons. The van der Waals surface area contributed by atoms with Crippen LogP contribution in [0.25, 0.3) is 0 Å². The number of ether oxygens (including phenoxy) is 6. The number of fused-ring (bicyclic) bond motifs is 1. The predicted molar refractivity (Wildman–Crippen MR) is 242 cm³/mol. The van der Waals surface area contributed by atoms with Crippen molar-refractivity contribution in [2.45, 2.75) is 37.3 Å². The molecule has 2 heterocycles. The van der Waals surface area contributed by atoms with Crippen molar-refractivity contribution in [2.75, 3.05) is 58.6 Å². The summed E-state index contributed by atoms with van der Waals surface area (Å²) in [6.45, 7) is 2.27. The van der Waals surface area contributed by atoms with Crippen molar-refractivity contribution in [2.24, 2.45) is 5.92 Å². The average molecular weight is 847 g/mol. The number of hydrogen-bond donors (Lipinski definition) is 0. The Bertz CT molecular complexity index is 2280. The van der Waals surface area contributed by atoms with Gasteiger partial charge in [-0.25, -0.2) is 4.79 Å². The summed E-state index contributed by atoms with van der Waals surface area (Å²) in [5.74, 6) is 0.800. The van der Waals surface area contributed by atoms with Crippen molar-refractivity contribution >= 4 is 17.7 Å². The molecular formula is C53H54N2O8. The van der Waals surface area contributed by atoms with Gasteiger partial charge in [0.1, 0.15) is 23.7 Å². The number of likely N-dealkylation sites (tertiary alicyclic amines) is 1. The third-order valence-corrected chi connectivity index (χ3v) is 11.9. The van der Waals surface area contributed by atoms with Gasteiger partial charge in [0, 0.05) is 38.6 Å². The minimum absolute atomic E-state index is 0.0127. The standard InChI is InChI=1S/C53H54N2O8/c1-58-31-15-30-55-47-32-40(24-29-48(47)61-38-50(55)56)36-60-49-34-54(52(57)62-35-39-16-7-3-8-17-39)33-42(51(49)41-25-27-46(59-2)28-26-41)37-63-53(43-18-9-4-10-19-43,44-20-11-5-12-21-44)45-22-13-6-14-23-45/h3-14,16-29,32,42,49,51H,15,30-31,33-38H2,1-2H3/t42-,49-,51-/m0/s1. The number of amides is 2. The Kier molecular flexibility index (Phi) is 14.1. The van der Waals surface area contributed by atoms with E-state index >= 15 is 0 Å². The molecule has 0 saturated carbocycles. The fraction of sp³-hybridized carbons (Fsp3) is 0.283. The van der Waals surface area contributed by atoms with Gasteiger partial charge in [0.05, 0.1) is 38.7 Å².